The van der Waals surface area contributed by atoms with Gasteiger partial charge in [-0.05, 0) is 94.2 Å². The molecule has 0 saturated carbocycles. The number of phenols is 1. The van der Waals surface area contributed by atoms with E-state index in [0.29, 0.717) is 12.2 Å². The van der Waals surface area contributed by atoms with Gasteiger partial charge in [0.1, 0.15) is 17.1 Å². The van der Waals surface area contributed by atoms with Crippen molar-refractivity contribution in [1.29, 1.82) is 0 Å². The molecule has 2 unspecified atom stereocenters. The highest BCUT2D eigenvalue weighted by molar-refractivity contribution is 5.66. The first-order chi connectivity index (χ1) is 24.3. The van der Waals surface area contributed by atoms with Crippen LogP contribution in [0.3, 0.4) is 0 Å². The zero-order valence-corrected chi connectivity index (χ0v) is 35.5. The number of hydrogen-bond acceptors (Lipinski definition) is 3. The molecule has 0 aliphatic carbocycles. The molecule has 2 rings (SSSR count). The van der Waals surface area contributed by atoms with Gasteiger partial charge in [0, 0.05) is 12.0 Å². The molecule has 0 fully saturated rings. The van der Waals surface area contributed by atoms with Gasteiger partial charge in [0.05, 0.1) is 0 Å². The summed E-state index contributed by atoms with van der Waals surface area (Å²) < 4.78 is 6.60. The van der Waals surface area contributed by atoms with Crippen molar-refractivity contribution in [2.24, 2.45) is 17.8 Å². The normalized spacial score (nSPS) is 16.7. The summed E-state index contributed by atoms with van der Waals surface area (Å²) in [4.78, 5) is 10.3. The van der Waals surface area contributed by atoms with Crippen LogP contribution in [0.4, 0.5) is 0 Å². The fraction of sp³-hybridized carbons (Fsp3) is 0.851. The molecule has 0 radical (unpaired) electrons. The number of rotatable bonds is 28. The predicted octanol–water partition coefficient (Wildman–Crippen LogP) is 15.2. The number of carbonyl (C=O) groups is 1. The Labute approximate surface area is 317 Å². The monoisotopic (exact) mass is 715 g/mol. The maximum absolute atomic E-state index is 10.4. The summed E-state index contributed by atoms with van der Waals surface area (Å²) >= 11 is 0. The third-order valence-electron chi connectivity index (χ3n) is 11.9. The van der Waals surface area contributed by atoms with Crippen molar-refractivity contribution in [3.8, 4) is 11.5 Å². The van der Waals surface area contributed by atoms with Crippen LogP contribution >= 0.6 is 0 Å². The van der Waals surface area contributed by atoms with E-state index in [1.54, 1.807) is 0 Å². The number of benzene rings is 1. The molecule has 0 amide bonds. The molecular weight excluding hydrogens is 629 g/mol. The molecule has 0 saturated heterocycles. The molecule has 4 nitrogen and oxygen atoms in total. The zero-order valence-electron chi connectivity index (χ0n) is 35.5. The van der Waals surface area contributed by atoms with Gasteiger partial charge in [0.15, 0.2) is 0 Å². The predicted molar refractivity (Wildman–Crippen MR) is 222 cm³/mol. The first kappa shape index (κ1) is 47.3. The Morgan fingerprint density at radius 3 is 1.57 bits per heavy atom. The molecule has 0 aromatic heterocycles. The number of phenolic OH excluding ortho intramolecular Hbond substituents is 1. The average molecular weight is 715 g/mol. The molecule has 1 aromatic rings. The Kier molecular flexibility index (Phi) is 25.8. The fourth-order valence-corrected chi connectivity index (χ4v) is 7.92. The van der Waals surface area contributed by atoms with Crippen LogP contribution in [0, 0.1) is 38.5 Å². The Morgan fingerprint density at radius 2 is 1.10 bits per heavy atom. The van der Waals surface area contributed by atoms with Gasteiger partial charge in [0.2, 0.25) is 0 Å². The van der Waals surface area contributed by atoms with Crippen LogP contribution in [0.15, 0.2) is 0 Å². The lowest BCUT2D eigenvalue weighted by Gasteiger charge is -2.38. The maximum Gasteiger partial charge on any atom is 0.303 e. The average Bonchev–Trinajstić information content (AvgIpc) is 3.08. The first-order valence-corrected chi connectivity index (χ1v) is 22.0. The van der Waals surface area contributed by atoms with Crippen molar-refractivity contribution in [2.45, 2.75) is 241 Å². The van der Waals surface area contributed by atoms with Gasteiger partial charge in [-0.25, -0.2) is 0 Å². The second-order valence-corrected chi connectivity index (χ2v) is 17.5. The lowest BCUT2D eigenvalue weighted by Crippen LogP contribution is -2.37. The SMILES string of the molecule is CCCCCCCCCCCCCCCCCC(=O)O.Cc1c(C)c2c(c(C)c1O)CC[C@@](C)(CCCC(C)CCCC(C)CCCC(C)C)O2. The van der Waals surface area contributed by atoms with Crippen molar-refractivity contribution in [3.05, 3.63) is 22.3 Å². The van der Waals surface area contributed by atoms with Crippen molar-refractivity contribution in [2.75, 3.05) is 0 Å². The Hall–Kier alpha value is -1.71. The van der Waals surface area contributed by atoms with Crippen molar-refractivity contribution >= 4 is 5.97 Å². The standard InChI is InChI=1S/C29H50O2.C18H36O2/c1-20(2)12-9-13-21(3)14-10-15-22(4)16-11-18-29(8)19-17-26-25(7)27(30)23(5)24(6)28(26)31-29;1-2-3-4-5-6-7-8-9-10-11-12-13-14-15-16-17-18(19)20/h20-22,30H,9-19H2,1-8H3;2-17H2,1H3,(H,19,20)/t21?,22?,29-;/m1./s1. The maximum atomic E-state index is 10.4. The Morgan fingerprint density at radius 1 is 0.647 bits per heavy atom. The Balaban J connectivity index is 0.000000564. The molecule has 1 aliphatic rings. The van der Waals surface area contributed by atoms with Crippen LogP contribution in [-0.4, -0.2) is 21.8 Å². The van der Waals surface area contributed by atoms with E-state index in [9.17, 15) is 9.90 Å². The smallest absolute Gasteiger partial charge is 0.303 e. The summed E-state index contributed by atoms with van der Waals surface area (Å²) in [6, 6.07) is 0. The van der Waals surface area contributed by atoms with Gasteiger partial charge in [0.25, 0.3) is 0 Å². The van der Waals surface area contributed by atoms with Gasteiger partial charge in [-0.15, -0.1) is 0 Å². The molecule has 2 N–H and O–H groups in total. The summed E-state index contributed by atoms with van der Waals surface area (Å²) in [6.07, 6.45) is 34.3. The third-order valence-corrected chi connectivity index (χ3v) is 11.9. The van der Waals surface area contributed by atoms with E-state index >= 15 is 0 Å². The zero-order chi connectivity index (χ0) is 38.1. The summed E-state index contributed by atoms with van der Waals surface area (Å²) in [6.45, 7) is 20.2. The summed E-state index contributed by atoms with van der Waals surface area (Å²) in [5, 5.41) is 18.9. The van der Waals surface area contributed by atoms with Crippen LogP contribution < -0.4 is 4.74 Å². The van der Waals surface area contributed by atoms with Crippen LogP contribution in [0.5, 0.6) is 11.5 Å². The number of fused-ring (bicyclic) bond motifs is 1. The summed E-state index contributed by atoms with van der Waals surface area (Å²) in [5.74, 6) is 3.38. The van der Waals surface area contributed by atoms with Gasteiger partial charge >= 0.3 is 5.97 Å². The van der Waals surface area contributed by atoms with E-state index in [1.807, 2.05) is 13.8 Å². The molecule has 3 atom stereocenters. The molecule has 1 aromatic carbocycles. The minimum Gasteiger partial charge on any atom is -0.507 e. The molecular formula is C47H86O4. The molecule has 298 valence electrons. The van der Waals surface area contributed by atoms with Crippen LogP contribution in [-0.2, 0) is 11.2 Å². The van der Waals surface area contributed by atoms with Gasteiger partial charge in [-0.1, -0.05) is 169 Å². The van der Waals surface area contributed by atoms with Gasteiger partial charge < -0.3 is 14.9 Å². The number of carboxylic acids is 1. The first-order valence-electron chi connectivity index (χ1n) is 22.0. The summed E-state index contributed by atoms with van der Waals surface area (Å²) in [7, 11) is 0. The van der Waals surface area contributed by atoms with E-state index in [4.69, 9.17) is 9.84 Å². The van der Waals surface area contributed by atoms with Crippen LogP contribution in [0.25, 0.3) is 0 Å². The molecule has 0 spiro atoms. The van der Waals surface area contributed by atoms with E-state index in [1.165, 1.54) is 140 Å². The lowest BCUT2D eigenvalue weighted by molar-refractivity contribution is -0.137. The van der Waals surface area contributed by atoms with E-state index < -0.39 is 5.97 Å². The topological polar surface area (TPSA) is 66.8 Å². The number of aliphatic carboxylic acids is 1. The highest BCUT2D eigenvalue weighted by atomic mass is 16.5. The molecule has 0 bridgehead atoms. The number of carboxylic acid groups (broad SMARTS) is 1. The van der Waals surface area contributed by atoms with Crippen molar-refractivity contribution in [1.82, 2.24) is 0 Å². The minimum absolute atomic E-state index is 0.0712. The second-order valence-electron chi connectivity index (χ2n) is 17.5. The largest absolute Gasteiger partial charge is 0.507 e. The van der Waals surface area contributed by atoms with Crippen molar-refractivity contribution in [3.63, 3.8) is 0 Å². The number of hydrogen-bond donors (Lipinski definition) is 2. The summed E-state index contributed by atoms with van der Waals surface area (Å²) in [5.41, 5.74) is 4.23. The number of ether oxygens (including phenoxy) is 1. The number of unbranched alkanes of at least 4 members (excludes halogenated alkanes) is 14. The third kappa shape index (κ3) is 21.6. The highest BCUT2D eigenvalue weighted by Crippen LogP contribution is 2.44. The van der Waals surface area contributed by atoms with Crippen molar-refractivity contribution < 1.29 is 19.7 Å². The van der Waals surface area contributed by atoms with Crippen LogP contribution in [0.1, 0.15) is 231 Å². The molecule has 1 heterocycles. The van der Waals surface area contributed by atoms with Gasteiger partial charge in [-0.3, -0.25) is 4.79 Å². The number of aromatic hydroxyl groups is 1. The minimum atomic E-state index is -0.653. The highest BCUT2D eigenvalue weighted by Gasteiger charge is 2.34. The fourth-order valence-electron chi connectivity index (χ4n) is 7.92. The molecule has 1 aliphatic heterocycles. The van der Waals surface area contributed by atoms with Gasteiger partial charge in [-0.2, -0.15) is 0 Å². The second kappa shape index (κ2) is 27.8. The van der Waals surface area contributed by atoms with E-state index in [0.717, 1.165) is 72.3 Å². The molecule has 4 heteroatoms. The van der Waals surface area contributed by atoms with E-state index in [-0.39, 0.29) is 5.60 Å². The lowest BCUT2D eigenvalue weighted by atomic mass is 9.84. The Bertz CT molecular complexity index is 1050. The van der Waals surface area contributed by atoms with E-state index in [2.05, 4.69) is 48.5 Å². The molecule has 51 heavy (non-hydrogen) atoms. The quantitative estimate of drug-likeness (QED) is 0.0848. The van der Waals surface area contributed by atoms with Crippen LogP contribution in [0.2, 0.25) is 0 Å².